The summed E-state index contributed by atoms with van der Waals surface area (Å²) in [5.74, 6) is -3.57. The molecule has 2 N–H and O–H groups in total. The van der Waals surface area contributed by atoms with Crippen LogP contribution >= 0.6 is 0 Å². The number of ketones is 2. The average molecular weight is 501 g/mol. The standard InChI is InChI=1S/C30H44O6/c1-8-21-16-30(35)17-22(36-27(34)18(3)15-20-13-11-10-12-14-20)19(4)24(28(30,5)6)25(32)26(33)29(21,7)23(31)9-2/h10-14,18-19,21-24,31,35H,8-9,15-17H2,1-7H3. The molecule has 0 aromatic heterocycles. The van der Waals surface area contributed by atoms with Crippen LogP contribution in [0.25, 0.3) is 0 Å². The van der Waals surface area contributed by atoms with Crippen molar-refractivity contribution < 1.29 is 29.3 Å². The van der Waals surface area contributed by atoms with Crippen LogP contribution in [0.1, 0.15) is 79.7 Å². The molecule has 200 valence electrons. The van der Waals surface area contributed by atoms with E-state index < -0.39 is 63.9 Å². The molecule has 36 heavy (non-hydrogen) atoms. The summed E-state index contributed by atoms with van der Waals surface area (Å²) in [5.41, 5.74) is -2.48. The van der Waals surface area contributed by atoms with Crippen molar-refractivity contribution in [1.82, 2.24) is 0 Å². The first-order chi connectivity index (χ1) is 16.7. The summed E-state index contributed by atoms with van der Waals surface area (Å²) in [6.45, 7) is 12.8. The molecule has 2 saturated carbocycles. The number of ether oxygens (including phenoxy) is 1. The quantitative estimate of drug-likeness (QED) is 0.421. The second-order valence-electron chi connectivity index (χ2n) is 12.1. The lowest BCUT2D eigenvalue weighted by molar-refractivity contribution is -0.217. The van der Waals surface area contributed by atoms with Gasteiger partial charge in [-0.3, -0.25) is 14.4 Å². The van der Waals surface area contributed by atoms with Gasteiger partial charge in [0.15, 0.2) is 0 Å². The number of aliphatic hydroxyl groups is 2. The SMILES string of the molecule is CCC(O)C1(C)C(=O)C(=O)C2C(C)C(OC(=O)C(C)Cc3ccccc3)CC(O)(CC1CC)C2(C)C. The van der Waals surface area contributed by atoms with Gasteiger partial charge < -0.3 is 14.9 Å². The second-order valence-corrected chi connectivity index (χ2v) is 12.1. The summed E-state index contributed by atoms with van der Waals surface area (Å²) >= 11 is 0. The van der Waals surface area contributed by atoms with Crippen LogP contribution in [0.2, 0.25) is 0 Å². The Kier molecular flexibility index (Phi) is 8.22. The maximum atomic E-state index is 13.9. The molecule has 0 heterocycles. The number of carbonyl (C=O) groups is 3. The van der Waals surface area contributed by atoms with Crippen LogP contribution in [-0.4, -0.2) is 45.6 Å². The second kappa shape index (κ2) is 10.4. The molecule has 6 nitrogen and oxygen atoms in total. The van der Waals surface area contributed by atoms with Gasteiger partial charge >= 0.3 is 5.97 Å². The fourth-order valence-electron chi connectivity index (χ4n) is 6.95. The van der Waals surface area contributed by atoms with Crippen molar-refractivity contribution in [1.29, 1.82) is 0 Å². The van der Waals surface area contributed by atoms with Gasteiger partial charge in [0.2, 0.25) is 11.6 Å². The van der Waals surface area contributed by atoms with E-state index in [1.165, 1.54) is 0 Å². The van der Waals surface area contributed by atoms with E-state index >= 15 is 0 Å². The van der Waals surface area contributed by atoms with Crippen molar-refractivity contribution in [2.45, 2.75) is 98.4 Å². The number of rotatable bonds is 7. The molecule has 1 aromatic rings. The van der Waals surface area contributed by atoms with Crippen LogP contribution in [0.15, 0.2) is 30.3 Å². The number of fused-ring (bicyclic) bond motifs is 2. The molecule has 6 heteroatoms. The van der Waals surface area contributed by atoms with Crippen LogP contribution in [-0.2, 0) is 25.5 Å². The highest BCUT2D eigenvalue weighted by Gasteiger charge is 2.65. The van der Waals surface area contributed by atoms with Crippen molar-refractivity contribution in [2.75, 3.05) is 0 Å². The van der Waals surface area contributed by atoms with Crippen molar-refractivity contribution >= 4 is 17.5 Å². The first-order valence-electron chi connectivity index (χ1n) is 13.5. The lowest BCUT2D eigenvalue weighted by atomic mass is 9.47. The van der Waals surface area contributed by atoms with E-state index in [0.717, 1.165) is 5.56 Å². The van der Waals surface area contributed by atoms with Gasteiger partial charge in [0.25, 0.3) is 0 Å². The molecule has 0 aliphatic heterocycles. The number of hydrogen-bond donors (Lipinski definition) is 2. The fraction of sp³-hybridized carbons (Fsp3) is 0.700. The Morgan fingerprint density at radius 3 is 2.28 bits per heavy atom. The first-order valence-corrected chi connectivity index (χ1v) is 13.5. The average Bonchev–Trinajstić information content (AvgIpc) is 2.84. The number of benzene rings is 1. The van der Waals surface area contributed by atoms with Crippen LogP contribution in [0.3, 0.4) is 0 Å². The van der Waals surface area contributed by atoms with Crippen molar-refractivity contribution in [3.05, 3.63) is 35.9 Å². The minimum absolute atomic E-state index is 0.192. The lowest BCUT2D eigenvalue weighted by Crippen LogP contribution is -2.67. The molecular weight excluding hydrogens is 456 g/mol. The Bertz CT molecular complexity index is 971. The molecule has 2 aliphatic rings. The maximum Gasteiger partial charge on any atom is 0.309 e. The van der Waals surface area contributed by atoms with E-state index in [9.17, 15) is 24.6 Å². The van der Waals surface area contributed by atoms with Crippen molar-refractivity contribution in [3.8, 4) is 0 Å². The normalized spacial score (nSPS) is 35.9. The third-order valence-electron chi connectivity index (χ3n) is 9.68. The predicted octanol–water partition coefficient (Wildman–Crippen LogP) is 4.54. The van der Waals surface area contributed by atoms with Gasteiger partial charge in [-0.1, -0.05) is 78.3 Å². The van der Waals surface area contributed by atoms with Crippen molar-refractivity contribution in [2.24, 2.45) is 34.5 Å². The molecule has 2 bridgehead atoms. The summed E-state index contributed by atoms with van der Waals surface area (Å²) in [7, 11) is 0. The Morgan fingerprint density at radius 2 is 1.72 bits per heavy atom. The largest absolute Gasteiger partial charge is 0.462 e. The number of esters is 1. The molecule has 0 saturated heterocycles. The molecule has 0 spiro atoms. The van der Waals surface area contributed by atoms with Gasteiger partial charge in [-0.2, -0.15) is 0 Å². The van der Waals surface area contributed by atoms with Gasteiger partial charge in [0, 0.05) is 23.7 Å². The van der Waals surface area contributed by atoms with E-state index in [0.29, 0.717) is 19.3 Å². The van der Waals surface area contributed by atoms with Crippen molar-refractivity contribution in [3.63, 3.8) is 0 Å². The Morgan fingerprint density at radius 1 is 1.11 bits per heavy atom. The fourth-order valence-corrected chi connectivity index (χ4v) is 6.95. The molecule has 1 aromatic carbocycles. The molecule has 8 unspecified atom stereocenters. The molecular formula is C30H44O6. The summed E-state index contributed by atoms with van der Waals surface area (Å²) in [6.07, 6.45) is 0.179. The van der Waals surface area contributed by atoms with E-state index in [-0.39, 0.29) is 18.8 Å². The monoisotopic (exact) mass is 500 g/mol. The number of Topliss-reactive ketones (excluding diaryl/α,β-unsaturated/α-hetero) is 2. The van der Waals surface area contributed by atoms with E-state index in [1.54, 1.807) is 13.8 Å². The summed E-state index contributed by atoms with van der Waals surface area (Å²) in [6, 6.07) is 9.71. The summed E-state index contributed by atoms with van der Waals surface area (Å²) in [4.78, 5) is 40.7. The number of hydrogen-bond acceptors (Lipinski definition) is 6. The van der Waals surface area contributed by atoms with E-state index in [4.69, 9.17) is 4.74 Å². The predicted molar refractivity (Wildman–Crippen MR) is 138 cm³/mol. The minimum atomic E-state index is -1.34. The molecule has 2 fully saturated rings. The highest BCUT2D eigenvalue weighted by atomic mass is 16.5. The van der Waals surface area contributed by atoms with Gasteiger partial charge in [0.05, 0.1) is 23.0 Å². The number of carbonyl (C=O) groups excluding carboxylic acids is 3. The highest BCUT2D eigenvalue weighted by molar-refractivity contribution is 6.40. The minimum Gasteiger partial charge on any atom is -0.462 e. The summed E-state index contributed by atoms with van der Waals surface area (Å²) < 4.78 is 5.99. The third-order valence-corrected chi connectivity index (χ3v) is 9.68. The van der Waals surface area contributed by atoms with Crippen LogP contribution in [0.4, 0.5) is 0 Å². The van der Waals surface area contributed by atoms with Crippen LogP contribution in [0.5, 0.6) is 0 Å². The molecule has 0 amide bonds. The zero-order chi connectivity index (χ0) is 27.1. The molecule has 0 radical (unpaired) electrons. The summed E-state index contributed by atoms with van der Waals surface area (Å²) in [5, 5.41) is 23.1. The van der Waals surface area contributed by atoms with E-state index in [1.807, 2.05) is 65.0 Å². The zero-order valence-corrected chi connectivity index (χ0v) is 22.9. The Labute approximate surface area is 215 Å². The van der Waals surface area contributed by atoms with Crippen LogP contribution < -0.4 is 0 Å². The maximum absolute atomic E-state index is 13.9. The topological polar surface area (TPSA) is 101 Å². The third kappa shape index (κ3) is 4.67. The lowest BCUT2D eigenvalue weighted by Gasteiger charge is -2.59. The highest BCUT2D eigenvalue weighted by Crippen LogP contribution is 2.58. The smallest absolute Gasteiger partial charge is 0.309 e. The number of aliphatic hydroxyl groups excluding tert-OH is 1. The van der Waals surface area contributed by atoms with Gasteiger partial charge in [-0.25, -0.2) is 0 Å². The molecule has 3 rings (SSSR count). The molecule has 8 atom stereocenters. The first kappa shape index (κ1) is 28.5. The van der Waals surface area contributed by atoms with Crippen LogP contribution in [0, 0.1) is 34.5 Å². The Hall–Kier alpha value is -2.05. The zero-order valence-electron chi connectivity index (χ0n) is 22.9. The van der Waals surface area contributed by atoms with E-state index in [2.05, 4.69) is 0 Å². The molecule has 2 aliphatic carbocycles. The van der Waals surface area contributed by atoms with Gasteiger partial charge in [-0.15, -0.1) is 0 Å². The Balaban J connectivity index is 1.96. The van der Waals surface area contributed by atoms with Gasteiger partial charge in [0.1, 0.15) is 6.10 Å². The van der Waals surface area contributed by atoms with Gasteiger partial charge in [-0.05, 0) is 37.7 Å².